The third-order valence-electron chi connectivity index (χ3n) is 11.6. The molecule has 0 aliphatic carbocycles. The molecule has 0 aliphatic rings. The van der Waals surface area contributed by atoms with E-state index in [9.17, 15) is 32.5 Å². The first kappa shape index (κ1) is 63.9. The number of hydrogen-bond acceptors (Lipinski definition) is 24. The third kappa shape index (κ3) is 18.4. The molecule has 0 spiro atoms. The second-order valence-electron chi connectivity index (χ2n) is 18.5. The van der Waals surface area contributed by atoms with E-state index in [1.165, 1.54) is 65.3 Å². The van der Waals surface area contributed by atoms with Crippen molar-refractivity contribution in [1.29, 1.82) is 0 Å². The fourth-order valence-corrected chi connectivity index (χ4v) is 10.6. The van der Waals surface area contributed by atoms with Gasteiger partial charge in [0.05, 0.1) is 77.9 Å². The summed E-state index contributed by atoms with van der Waals surface area (Å²) in [5, 5.41) is 0.455. The Labute approximate surface area is 481 Å². The quantitative estimate of drug-likeness (QED) is 0.0283. The van der Waals surface area contributed by atoms with Crippen LogP contribution in [-0.2, 0) is 80.9 Å². The first-order chi connectivity index (χ1) is 40.0. The number of nitrogens with two attached hydrogens (primary N) is 3. The van der Waals surface area contributed by atoms with Gasteiger partial charge in [-0.3, -0.25) is 48.0 Å². The molecule has 0 bridgehead atoms. The summed E-state index contributed by atoms with van der Waals surface area (Å²) in [5.41, 5.74) is 19.2. The van der Waals surface area contributed by atoms with E-state index in [0.717, 1.165) is 11.1 Å². The molecule has 0 saturated carbocycles. The number of nitrogen functional groups attached to an aromatic ring is 3. The Kier molecular flexibility index (Phi) is 22.2. The van der Waals surface area contributed by atoms with E-state index in [2.05, 4.69) is 49.8 Å². The van der Waals surface area contributed by atoms with Crippen molar-refractivity contribution >= 4 is 85.0 Å². The largest absolute Gasteiger partial charge is 0.495 e. The Balaban J connectivity index is 0.000000181. The summed E-state index contributed by atoms with van der Waals surface area (Å²) in [7, 11) is -6.01. The van der Waals surface area contributed by atoms with Crippen molar-refractivity contribution in [2.24, 2.45) is 0 Å². The molecule has 0 aliphatic heterocycles. The molecule has 7 aromatic heterocycles. The molecular formula is C49H61ClFN16O14P3. The number of nitrogens with zero attached hydrogens (tertiary/aromatic N) is 10. The molecule has 450 valence electrons. The van der Waals surface area contributed by atoms with E-state index in [4.69, 9.17) is 66.1 Å². The van der Waals surface area contributed by atoms with Crippen LogP contribution in [0.1, 0.15) is 16.7 Å². The van der Waals surface area contributed by atoms with Crippen molar-refractivity contribution < 1.29 is 55.3 Å². The highest BCUT2D eigenvalue weighted by Crippen LogP contribution is 2.45. The van der Waals surface area contributed by atoms with Gasteiger partial charge in [-0.15, -0.1) is 0 Å². The number of rotatable bonds is 26. The van der Waals surface area contributed by atoms with Crippen LogP contribution in [0.25, 0.3) is 33.5 Å². The van der Waals surface area contributed by atoms with E-state index in [1.54, 1.807) is 56.4 Å². The maximum Gasteiger partial charge on any atom is 0.280 e. The van der Waals surface area contributed by atoms with Gasteiger partial charge in [0.1, 0.15) is 24.8 Å². The number of ether oxygens (including phenoxy) is 5. The van der Waals surface area contributed by atoms with Gasteiger partial charge in [0.15, 0.2) is 45.1 Å². The van der Waals surface area contributed by atoms with Crippen molar-refractivity contribution in [3.05, 3.63) is 138 Å². The Morgan fingerprint density at radius 1 is 0.560 bits per heavy atom. The minimum absolute atomic E-state index is 0.00778. The van der Waals surface area contributed by atoms with Gasteiger partial charge in [-0.05, 0) is 47.0 Å². The zero-order valence-corrected chi connectivity index (χ0v) is 49.4. The van der Waals surface area contributed by atoms with E-state index >= 15 is 0 Å². The topological polar surface area (TPSA) is 407 Å². The molecule has 2 aromatic carbocycles. The lowest BCUT2D eigenvalue weighted by Crippen LogP contribution is -2.13. The highest BCUT2D eigenvalue weighted by Gasteiger charge is 2.21. The first-order valence-corrected chi connectivity index (χ1v) is 32.2. The summed E-state index contributed by atoms with van der Waals surface area (Å²) in [6, 6.07) is 13.2. The van der Waals surface area contributed by atoms with Gasteiger partial charge in [-0.1, -0.05) is 29.8 Å². The summed E-state index contributed by atoms with van der Waals surface area (Å²) in [6.45, 7) is 6.57. The van der Waals surface area contributed by atoms with Crippen molar-refractivity contribution in [2.45, 2.75) is 39.5 Å². The zero-order chi connectivity index (χ0) is 60.6. The van der Waals surface area contributed by atoms with Crippen LogP contribution in [0.15, 0.2) is 94.3 Å². The van der Waals surface area contributed by atoms with Crippen LogP contribution in [0.5, 0.6) is 11.5 Å². The lowest BCUT2D eigenvalue weighted by atomic mass is 10.2. The van der Waals surface area contributed by atoms with Gasteiger partial charge < -0.3 is 68.2 Å². The number of pyridine rings is 1. The van der Waals surface area contributed by atoms with Gasteiger partial charge in [-0.2, -0.15) is 15.0 Å². The zero-order valence-electron chi connectivity index (χ0n) is 46.0. The molecule has 0 radical (unpaired) electrons. The smallest absolute Gasteiger partial charge is 0.280 e. The number of imidazole rings is 3. The standard InChI is InChI=1S/C17H21ClN5O5P.C17H21FN5O5P.C15H19N6O4P/c2*1-26-13-4-3-11(7-12(13)18)8-28-29(2,25)10-27-6-5-23-9-20-14-15(23)21-17(19)22-16(14)24;1-26(23,25-8-11-3-2-4-17-7-11)10-24-6-5-21-9-18-12-13(21)19-15(16)20-14(12)22/h2*3-4,7,9H,5-6,8,10H2,1-2H3,(H3,19,21,22,24);2-4,7,9H,5-6,8,10H2,1H3,(H3,16,19,20,22). The second-order valence-corrected chi connectivity index (χ2v) is 26.5. The van der Waals surface area contributed by atoms with E-state index in [1.807, 2.05) is 6.07 Å². The van der Waals surface area contributed by atoms with Crippen molar-refractivity contribution in [3.63, 3.8) is 0 Å². The predicted octanol–water partition coefficient (Wildman–Crippen LogP) is 5.61. The van der Waals surface area contributed by atoms with E-state index < -0.39 is 44.6 Å². The summed E-state index contributed by atoms with van der Waals surface area (Å²) >= 11 is 6.08. The van der Waals surface area contributed by atoms with Gasteiger partial charge in [0.25, 0.3) is 16.7 Å². The number of H-pyrrole nitrogens is 3. The molecule has 3 unspecified atom stereocenters. The average molecular weight is 1250 g/mol. The van der Waals surface area contributed by atoms with Crippen LogP contribution in [0.2, 0.25) is 5.02 Å². The Morgan fingerprint density at radius 3 is 1.30 bits per heavy atom. The number of fused-ring (bicyclic) bond motifs is 3. The summed E-state index contributed by atoms with van der Waals surface area (Å²) < 4.78 is 98.8. The monoisotopic (exact) mass is 1240 g/mol. The van der Waals surface area contributed by atoms with Crippen LogP contribution in [0.4, 0.5) is 22.2 Å². The minimum Gasteiger partial charge on any atom is -0.495 e. The molecule has 7 heterocycles. The van der Waals surface area contributed by atoms with Crippen LogP contribution >= 0.6 is 33.7 Å². The average Bonchev–Trinajstić information content (AvgIpc) is 3.82. The van der Waals surface area contributed by atoms with Crippen LogP contribution in [-0.4, -0.2) is 137 Å². The normalized spacial score (nSPS) is 13.6. The summed E-state index contributed by atoms with van der Waals surface area (Å²) in [5.74, 6) is 0.191. The number of hydrogen-bond donors (Lipinski definition) is 6. The van der Waals surface area contributed by atoms with Crippen molar-refractivity contribution in [2.75, 3.05) is 90.3 Å². The van der Waals surface area contributed by atoms with Crippen LogP contribution in [0, 0.1) is 5.82 Å². The Hall–Kier alpha value is -7.69. The van der Waals surface area contributed by atoms with Crippen LogP contribution in [0.3, 0.4) is 0 Å². The molecule has 9 aromatic rings. The number of halogens is 2. The fourth-order valence-electron chi connectivity index (χ4n) is 7.41. The van der Waals surface area contributed by atoms with Gasteiger partial charge in [0, 0.05) is 52.0 Å². The highest BCUT2D eigenvalue weighted by molar-refractivity contribution is 7.58. The van der Waals surface area contributed by atoms with Gasteiger partial charge in [-0.25, -0.2) is 19.3 Å². The van der Waals surface area contributed by atoms with Crippen molar-refractivity contribution in [1.82, 2.24) is 63.5 Å². The Morgan fingerprint density at radius 2 is 0.940 bits per heavy atom. The molecule has 0 fully saturated rings. The molecule has 9 rings (SSSR count). The van der Waals surface area contributed by atoms with Gasteiger partial charge in [0.2, 0.25) is 40.0 Å². The number of aromatic amines is 3. The fraction of sp³-hybridized carbons (Fsp3) is 0.347. The number of methoxy groups -OCH3 is 2. The molecular weight excluding hydrogens is 1180 g/mol. The maximum atomic E-state index is 13.7. The first-order valence-electron chi connectivity index (χ1n) is 25.0. The molecule has 84 heavy (non-hydrogen) atoms. The SMILES string of the molecule is COc1ccc(COP(C)(=O)COCCn2cnc3c(=O)[nH]c(N)nc32)cc1Cl.COc1ccc(COP(C)(=O)COCCn2cnc3c(=O)[nH]c(N)nc32)cc1F.CP(=O)(COCCn1cnc2c(=O)[nH]c(N)nc21)OCc1cccnc1. The van der Waals surface area contributed by atoms with Crippen LogP contribution < -0.4 is 43.4 Å². The third-order valence-corrected chi connectivity index (χ3v) is 15.8. The van der Waals surface area contributed by atoms with Crippen molar-refractivity contribution in [3.8, 4) is 11.5 Å². The molecule has 30 nitrogen and oxygen atoms in total. The molecule has 0 saturated heterocycles. The molecule has 9 N–H and O–H groups in total. The molecule has 0 amide bonds. The summed E-state index contributed by atoms with van der Waals surface area (Å²) in [4.78, 5) is 70.6. The number of aromatic nitrogens is 13. The van der Waals surface area contributed by atoms with E-state index in [0.29, 0.717) is 52.9 Å². The lowest BCUT2D eigenvalue weighted by Gasteiger charge is -2.15. The van der Waals surface area contributed by atoms with E-state index in [-0.39, 0.29) is 98.8 Å². The Bertz CT molecular complexity index is 3860. The highest BCUT2D eigenvalue weighted by atomic mass is 35.5. The number of nitrogens with one attached hydrogen (secondary N) is 3. The molecule has 3 atom stereocenters. The number of anilines is 3. The molecule has 35 heteroatoms. The second kappa shape index (κ2) is 29.2. The lowest BCUT2D eigenvalue weighted by molar-refractivity contribution is 0.153. The predicted molar refractivity (Wildman–Crippen MR) is 310 cm³/mol. The summed E-state index contributed by atoms with van der Waals surface area (Å²) in [6.07, 6.45) is 7.55. The number of benzene rings is 2. The maximum absolute atomic E-state index is 13.7. The van der Waals surface area contributed by atoms with Gasteiger partial charge >= 0.3 is 0 Å². The minimum atomic E-state index is -3.05.